The molecule has 188 valence electrons. The van der Waals surface area contributed by atoms with Crippen molar-refractivity contribution in [2.24, 2.45) is 0 Å². The molecule has 0 radical (unpaired) electrons. The molecular weight excluding hydrogens is 473 g/mol. The Labute approximate surface area is 213 Å². The zero-order valence-corrected chi connectivity index (χ0v) is 20.6. The first-order valence-corrected chi connectivity index (χ1v) is 12.0. The van der Waals surface area contributed by atoms with E-state index < -0.39 is 4.92 Å². The monoisotopic (exact) mass is 499 g/mol. The molecule has 1 fully saturated rings. The highest BCUT2D eigenvalue weighted by molar-refractivity contribution is 5.94. The van der Waals surface area contributed by atoms with Crippen molar-refractivity contribution in [1.82, 2.24) is 14.7 Å². The van der Waals surface area contributed by atoms with Gasteiger partial charge in [-0.2, -0.15) is 5.10 Å². The average Bonchev–Trinajstić information content (AvgIpc) is 3.36. The molecule has 0 unspecified atom stereocenters. The molecule has 37 heavy (non-hydrogen) atoms. The number of anilines is 1. The van der Waals surface area contributed by atoms with Gasteiger partial charge in [0, 0.05) is 43.9 Å². The summed E-state index contributed by atoms with van der Waals surface area (Å²) in [6.07, 6.45) is 0. The van der Waals surface area contributed by atoms with Crippen LogP contribution in [0.3, 0.4) is 0 Å². The molecule has 9 heteroatoms. The summed E-state index contributed by atoms with van der Waals surface area (Å²) < 4.78 is 15.8. The average molecular weight is 500 g/mol. The molecule has 1 saturated heterocycles. The fourth-order valence-electron chi connectivity index (χ4n) is 4.51. The summed E-state index contributed by atoms with van der Waals surface area (Å²) in [5.41, 5.74) is 5.18. The van der Waals surface area contributed by atoms with Gasteiger partial charge in [-0.1, -0.05) is 24.3 Å². The third-order valence-electron chi connectivity index (χ3n) is 6.80. The van der Waals surface area contributed by atoms with E-state index in [1.165, 1.54) is 18.2 Å². The van der Waals surface area contributed by atoms with E-state index in [2.05, 4.69) is 0 Å². The van der Waals surface area contributed by atoms with Gasteiger partial charge >= 0.3 is 0 Å². The number of hydrogen-bond acceptors (Lipinski definition) is 5. The van der Waals surface area contributed by atoms with Crippen molar-refractivity contribution >= 4 is 17.3 Å². The van der Waals surface area contributed by atoms with E-state index in [0.29, 0.717) is 48.9 Å². The predicted molar refractivity (Wildman–Crippen MR) is 140 cm³/mol. The number of nitro benzene ring substituents is 1. The summed E-state index contributed by atoms with van der Waals surface area (Å²) in [6, 6.07) is 20.4. The van der Waals surface area contributed by atoms with Crippen LogP contribution in [0.4, 0.5) is 15.8 Å². The SMILES string of the molecule is Cc1ccc(-c2cc(C(=O)N3CCN(c4ccccc4F)CC3)n(-c3ccc([N+](=O)[O-])cc3)n2)cc1C. The topological polar surface area (TPSA) is 84.5 Å². The fraction of sp³-hybridized carbons (Fsp3) is 0.214. The van der Waals surface area contributed by atoms with Crippen LogP contribution in [0.1, 0.15) is 21.6 Å². The molecular formula is C28H26FN5O3. The zero-order valence-electron chi connectivity index (χ0n) is 20.6. The smallest absolute Gasteiger partial charge is 0.272 e. The molecule has 8 nitrogen and oxygen atoms in total. The van der Waals surface area contributed by atoms with E-state index >= 15 is 0 Å². The van der Waals surface area contributed by atoms with Crippen LogP contribution < -0.4 is 4.90 Å². The zero-order chi connectivity index (χ0) is 26.1. The van der Waals surface area contributed by atoms with Crippen molar-refractivity contribution in [3.05, 3.63) is 106 Å². The molecule has 0 spiro atoms. The van der Waals surface area contributed by atoms with Crippen LogP contribution in [0.15, 0.2) is 72.8 Å². The van der Waals surface area contributed by atoms with Gasteiger partial charge in [0.2, 0.25) is 0 Å². The standard InChI is InChI=1S/C28H26FN5O3/c1-19-7-8-21(17-20(19)2)25-18-27(33(30-25)22-9-11-23(12-10-22)34(36)37)28(35)32-15-13-31(14-16-32)26-6-4-3-5-24(26)29/h3-12,17-18H,13-16H2,1-2H3. The number of nitro groups is 1. The second kappa shape index (κ2) is 9.85. The molecule has 0 aliphatic carbocycles. The lowest BCUT2D eigenvalue weighted by Crippen LogP contribution is -2.49. The van der Waals surface area contributed by atoms with Crippen LogP contribution in [-0.2, 0) is 0 Å². The number of amides is 1. The van der Waals surface area contributed by atoms with Crippen molar-refractivity contribution in [3.63, 3.8) is 0 Å². The van der Waals surface area contributed by atoms with Crippen molar-refractivity contribution in [3.8, 4) is 16.9 Å². The van der Waals surface area contributed by atoms with E-state index in [9.17, 15) is 19.3 Å². The molecule has 1 amide bonds. The maximum atomic E-state index is 14.3. The number of piperazine rings is 1. The highest BCUT2D eigenvalue weighted by Crippen LogP contribution is 2.27. The fourth-order valence-corrected chi connectivity index (χ4v) is 4.51. The highest BCUT2D eigenvalue weighted by Gasteiger charge is 2.27. The van der Waals surface area contributed by atoms with E-state index in [4.69, 9.17) is 5.10 Å². The van der Waals surface area contributed by atoms with Crippen molar-refractivity contribution in [2.45, 2.75) is 13.8 Å². The number of carbonyl (C=O) groups excluding carboxylic acids is 1. The number of rotatable bonds is 5. The number of aromatic nitrogens is 2. The first-order valence-electron chi connectivity index (χ1n) is 12.0. The summed E-state index contributed by atoms with van der Waals surface area (Å²) in [4.78, 5) is 28.0. The Morgan fingerprint density at radius 3 is 2.27 bits per heavy atom. The summed E-state index contributed by atoms with van der Waals surface area (Å²) in [7, 11) is 0. The van der Waals surface area contributed by atoms with Crippen LogP contribution in [0.2, 0.25) is 0 Å². The molecule has 4 aromatic rings. The minimum absolute atomic E-state index is 0.0394. The minimum Gasteiger partial charge on any atom is -0.366 e. The van der Waals surface area contributed by atoms with Crippen LogP contribution in [0.5, 0.6) is 0 Å². The summed E-state index contributed by atoms with van der Waals surface area (Å²) in [6.45, 7) is 5.91. The Kier molecular flexibility index (Phi) is 6.43. The Balaban J connectivity index is 1.46. The quantitative estimate of drug-likeness (QED) is 0.280. The first kappa shape index (κ1) is 24.2. The summed E-state index contributed by atoms with van der Waals surface area (Å²) in [5.74, 6) is -0.481. The molecule has 0 bridgehead atoms. The third-order valence-corrected chi connectivity index (χ3v) is 6.80. The maximum Gasteiger partial charge on any atom is 0.272 e. The summed E-state index contributed by atoms with van der Waals surface area (Å²) in [5, 5.41) is 15.8. The number of non-ortho nitro benzene ring substituents is 1. The van der Waals surface area contributed by atoms with E-state index in [0.717, 1.165) is 16.7 Å². The second-order valence-electron chi connectivity index (χ2n) is 9.13. The molecule has 3 aromatic carbocycles. The molecule has 0 atom stereocenters. The van der Waals surface area contributed by atoms with Crippen LogP contribution in [-0.4, -0.2) is 51.7 Å². The van der Waals surface area contributed by atoms with Gasteiger partial charge in [0.25, 0.3) is 11.6 Å². The van der Waals surface area contributed by atoms with Gasteiger partial charge in [0.1, 0.15) is 11.5 Å². The Bertz CT molecular complexity index is 1470. The maximum absolute atomic E-state index is 14.3. The van der Waals surface area contributed by atoms with Crippen LogP contribution in [0, 0.1) is 29.8 Å². The molecule has 1 aliphatic heterocycles. The third kappa shape index (κ3) is 4.80. The summed E-state index contributed by atoms with van der Waals surface area (Å²) >= 11 is 0. The Morgan fingerprint density at radius 1 is 0.919 bits per heavy atom. The molecule has 0 N–H and O–H groups in total. The largest absolute Gasteiger partial charge is 0.366 e. The number of carbonyl (C=O) groups is 1. The second-order valence-corrected chi connectivity index (χ2v) is 9.13. The Morgan fingerprint density at radius 2 is 1.62 bits per heavy atom. The minimum atomic E-state index is -0.464. The van der Waals surface area contributed by atoms with Gasteiger partial charge in [0.15, 0.2) is 0 Å². The van der Waals surface area contributed by atoms with Crippen molar-refractivity contribution < 1.29 is 14.1 Å². The van der Waals surface area contributed by atoms with Gasteiger partial charge in [0.05, 0.1) is 22.0 Å². The van der Waals surface area contributed by atoms with Gasteiger partial charge < -0.3 is 9.80 Å². The first-order chi connectivity index (χ1) is 17.8. The molecule has 0 saturated carbocycles. The van der Waals surface area contributed by atoms with Gasteiger partial charge in [-0.25, -0.2) is 9.07 Å². The van der Waals surface area contributed by atoms with E-state index in [-0.39, 0.29) is 17.4 Å². The highest BCUT2D eigenvalue weighted by atomic mass is 19.1. The number of benzene rings is 3. The number of para-hydroxylation sites is 1. The number of halogens is 1. The number of aryl methyl sites for hydroxylation is 2. The predicted octanol–water partition coefficient (Wildman–Crippen LogP) is 5.17. The van der Waals surface area contributed by atoms with Gasteiger partial charge in [-0.3, -0.25) is 14.9 Å². The van der Waals surface area contributed by atoms with Gasteiger partial charge in [-0.05, 0) is 61.4 Å². The lowest BCUT2D eigenvalue weighted by Gasteiger charge is -2.36. The number of nitrogens with zero attached hydrogens (tertiary/aromatic N) is 5. The normalized spacial score (nSPS) is 13.6. The Hall–Kier alpha value is -4.53. The van der Waals surface area contributed by atoms with Crippen LogP contribution in [0.25, 0.3) is 16.9 Å². The van der Waals surface area contributed by atoms with E-state index in [1.807, 2.05) is 36.9 Å². The lowest BCUT2D eigenvalue weighted by atomic mass is 10.0. The number of hydrogen-bond donors (Lipinski definition) is 0. The molecule has 5 rings (SSSR count). The van der Waals surface area contributed by atoms with Crippen molar-refractivity contribution in [2.75, 3.05) is 31.1 Å². The molecule has 2 heterocycles. The van der Waals surface area contributed by atoms with Gasteiger partial charge in [-0.15, -0.1) is 0 Å². The van der Waals surface area contributed by atoms with E-state index in [1.54, 1.807) is 46.0 Å². The lowest BCUT2D eigenvalue weighted by molar-refractivity contribution is -0.384. The van der Waals surface area contributed by atoms with Crippen LogP contribution >= 0.6 is 0 Å². The molecule has 1 aromatic heterocycles. The molecule has 1 aliphatic rings. The van der Waals surface area contributed by atoms with Crippen molar-refractivity contribution in [1.29, 1.82) is 0 Å².